The fourth-order valence-corrected chi connectivity index (χ4v) is 4.21. The highest BCUT2D eigenvalue weighted by Crippen LogP contribution is 2.18. The molecule has 0 fully saturated rings. The van der Waals surface area contributed by atoms with Crippen molar-refractivity contribution in [3.05, 3.63) is 11.9 Å². The molecule has 0 aromatic carbocycles. The summed E-state index contributed by atoms with van der Waals surface area (Å²) in [5.74, 6) is -0.456. The molecule has 4 amide bonds. The SMILES string of the molecule is C=N/C(=C\N(C)CCC(C)(C)OC[N+](C)(C)C(=O)NCCCCC(NC(C)C)C(N)=O)CCC(=O)NCC(C)(C)OCCC(C)O. The number of hydrogen-bond donors (Lipinski definition) is 5. The maximum absolute atomic E-state index is 12.8. The number of aliphatic hydroxyl groups excluding tert-OH is 1. The maximum Gasteiger partial charge on any atom is 0.418 e. The third kappa shape index (κ3) is 21.3. The number of unbranched alkanes of at least 4 members (excludes halogenated alkanes) is 1. The van der Waals surface area contributed by atoms with Gasteiger partial charge in [0.25, 0.3) is 0 Å². The van der Waals surface area contributed by atoms with Crippen LogP contribution in [-0.2, 0) is 19.1 Å². The Labute approximate surface area is 278 Å². The topological polar surface area (TPSA) is 168 Å². The Morgan fingerprint density at radius 1 is 1.02 bits per heavy atom. The molecule has 0 spiro atoms. The van der Waals surface area contributed by atoms with Gasteiger partial charge in [0.1, 0.15) is 0 Å². The average Bonchev–Trinajstić information content (AvgIpc) is 2.94. The summed E-state index contributed by atoms with van der Waals surface area (Å²) >= 11 is 0. The second-order valence-electron chi connectivity index (χ2n) is 14.3. The number of rotatable bonds is 25. The normalized spacial score (nSPS) is 14.1. The molecule has 268 valence electrons. The highest BCUT2D eigenvalue weighted by atomic mass is 16.5. The predicted molar refractivity (Wildman–Crippen MR) is 184 cm³/mol. The van der Waals surface area contributed by atoms with Gasteiger partial charge in [0.05, 0.1) is 43.1 Å². The van der Waals surface area contributed by atoms with Crippen molar-refractivity contribution < 1.29 is 33.4 Å². The lowest BCUT2D eigenvalue weighted by Gasteiger charge is -2.33. The molecule has 13 heteroatoms. The highest BCUT2D eigenvalue weighted by molar-refractivity contribution is 5.79. The predicted octanol–water partition coefficient (Wildman–Crippen LogP) is 2.87. The molecule has 0 saturated carbocycles. The third-order valence-corrected chi connectivity index (χ3v) is 7.39. The Balaban J connectivity index is 4.59. The van der Waals surface area contributed by atoms with Gasteiger partial charge < -0.3 is 41.2 Å². The molecular weight excluding hydrogens is 590 g/mol. The van der Waals surface area contributed by atoms with Crippen molar-refractivity contribution in [2.75, 3.05) is 54.1 Å². The molecule has 0 radical (unpaired) electrons. The molecule has 0 saturated heterocycles. The summed E-state index contributed by atoms with van der Waals surface area (Å²) in [5, 5.41) is 18.4. The Morgan fingerprint density at radius 2 is 1.67 bits per heavy atom. The first-order valence-electron chi connectivity index (χ1n) is 16.5. The number of nitrogens with one attached hydrogen (secondary N) is 3. The minimum atomic E-state index is -0.531. The number of nitrogens with two attached hydrogens (primary N) is 1. The second kappa shape index (κ2) is 21.3. The van der Waals surface area contributed by atoms with Crippen LogP contribution in [0.2, 0.25) is 0 Å². The Hall–Kier alpha value is -2.58. The van der Waals surface area contributed by atoms with Gasteiger partial charge in [-0.05, 0) is 79.9 Å². The molecule has 0 aliphatic rings. The van der Waals surface area contributed by atoms with E-state index in [4.69, 9.17) is 15.2 Å². The van der Waals surface area contributed by atoms with E-state index in [1.165, 1.54) is 0 Å². The fraction of sp³-hybridized carbons (Fsp3) is 0.818. The van der Waals surface area contributed by atoms with E-state index >= 15 is 0 Å². The first kappa shape index (κ1) is 43.4. The number of carbonyl (C=O) groups is 3. The van der Waals surface area contributed by atoms with Crippen LogP contribution in [0, 0.1) is 0 Å². The van der Waals surface area contributed by atoms with Gasteiger partial charge in [0, 0.05) is 52.0 Å². The van der Waals surface area contributed by atoms with Crippen LogP contribution >= 0.6 is 0 Å². The van der Waals surface area contributed by atoms with Crippen LogP contribution in [0.25, 0.3) is 0 Å². The van der Waals surface area contributed by atoms with Crippen molar-refractivity contribution in [2.45, 2.75) is 123 Å². The highest BCUT2D eigenvalue weighted by Gasteiger charge is 2.30. The third-order valence-electron chi connectivity index (χ3n) is 7.39. The van der Waals surface area contributed by atoms with E-state index in [1.807, 2.05) is 59.7 Å². The molecule has 6 N–H and O–H groups in total. The van der Waals surface area contributed by atoms with Crippen LogP contribution < -0.4 is 21.7 Å². The molecule has 46 heavy (non-hydrogen) atoms. The van der Waals surface area contributed by atoms with Gasteiger partial charge in [-0.3, -0.25) is 14.6 Å². The Bertz CT molecular complexity index is 966. The number of aliphatic hydroxyl groups is 1. The van der Waals surface area contributed by atoms with E-state index in [9.17, 15) is 19.5 Å². The van der Waals surface area contributed by atoms with Crippen molar-refractivity contribution in [3.63, 3.8) is 0 Å². The molecule has 0 aromatic rings. The number of hydrogen-bond acceptors (Lipinski definition) is 9. The van der Waals surface area contributed by atoms with Gasteiger partial charge >= 0.3 is 6.03 Å². The lowest BCUT2D eigenvalue weighted by molar-refractivity contribution is -0.834. The van der Waals surface area contributed by atoms with Crippen LogP contribution in [0.5, 0.6) is 0 Å². The van der Waals surface area contributed by atoms with Gasteiger partial charge in [0.2, 0.25) is 11.8 Å². The quantitative estimate of drug-likeness (QED) is 0.0433. The first-order chi connectivity index (χ1) is 21.2. The van der Waals surface area contributed by atoms with E-state index in [2.05, 4.69) is 27.7 Å². The Kier molecular flexibility index (Phi) is 20.1. The van der Waals surface area contributed by atoms with Crippen molar-refractivity contribution in [3.8, 4) is 0 Å². The number of nitrogens with zero attached hydrogens (tertiary/aromatic N) is 3. The summed E-state index contributed by atoms with van der Waals surface area (Å²) in [7, 11) is 5.55. The molecule has 0 aliphatic heterocycles. The van der Waals surface area contributed by atoms with E-state index in [0.29, 0.717) is 57.6 Å². The lowest BCUT2D eigenvalue weighted by atomic mass is 10.1. The smallest absolute Gasteiger partial charge is 0.393 e. The number of primary amides is 1. The molecule has 0 aromatic heterocycles. The number of amides is 4. The maximum atomic E-state index is 12.8. The van der Waals surface area contributed by atoms with E-state index in [0.717, 1.165) is 12.8 Å². The van der Waals surface area contributed by atoms with Crippen molar-refractivity contribution in [1.29, 1.82) is 0 Å². The van der Waals surface area contributed by atoms with Gasteiger partial charge in [-0.25, -0.2) is 9.28 Å². The number of quaternary nitrogens is 1. The molecule has 0 bridgehead atoms. The van der Waals surface area contributed by atoms with E-state index < -0.39 is 17.3 Å². The summed E-state index contributed by atoms with van der Waals surface area (Å²) in [4.78, 5) is 43.0. The van der Waals surface area contributed by atoms with Crippen LogP contribution in [0.3, 0.4) is 0 Å². The molecule has 0 rings (SSSR count). The van der Waals surface area contributed by atoms with Gasteiger partial charge in [-0.2, -0.15) is 0 Å². The number of urea groups is 1. The van der Waals surface area contributed by atoms with Crippen LogP contribution in [0.4, 0.5) is 4.79 Å². The second-order valence-corrected chi connectivity index (χ2v) is 14.3. The monoisotopic (exact) mass is 657 g/mol. The van der Waals surface area contributed by atoms with Crippen LogP contribution in [0.15, 0.2) is 16.9 Å². The van der Waals surface area contributed by atoms with Crippen LogP contribution in [0.1, 0.15) is 93.4 Å². The molecule has 0 heterocycles. The van der Waals surface area contributed by atoms with Gasteiger partial charge in [-0.1, -0.05) is 13.8 Å². The molecule has 2 atom stereocenters. The molecular formula is C33H66N7O6+. The van der Waals surface area contributed by atoms with E-state index in [1.54, 1.807) is 21.0 Å². The summed E-state index contributed by atoms with van der Waals surface area (Å²) in [5.41, 5.74) is 5.16. The number of allylic oxidation sites excluding steroid dienone is 1. The van der Waals surface area contributed by atoms with Gasteiger partial charge in [-0.15, -0.1) is 0 Å². The zero-order valence-corrected chi connectivity index (χ0v) is 30.4. The minimum absolute atomic E-state index is 0.0236. The zero-order valence-electron chi connectivity index (χ0n) is 30.4. The fourth-order valence-electron chi connectivity index (χ4n) is 4.21. The Morgan fingerprint density at radius 3 is 2.24 bits per heavy atom. The lowest BCUT2D eigenvalue weighted by Crippen LogP contribution is -2.54. The first-order valence-corrected chi connectivity index (χ1v) is 16.5. The van der Waals surface area contributed by atoms with Gasteiger partial charge in [0.15, 0.2) is 6.73 Å². The van der Waals surface area contributed by atoms with Crippen molar-refractivity contribution in [2.24, 2.45) is 10.7 Å². The largest absolute Gasteiger partial charge is 0.418 e. The summed E-state index contributed by atoms with van der Waals surface area (Å²) in [6, 6.07) is -0.335. The van der Waals surface area contributed by atoms with Crippen molar-refractivity contribution in [1.82, 2.24) is 20.9 Å². The zero-order chi connectivity index (χ0) is 35.6. The molecule has 0 aliphatic carbocycles. The van der Waals surface area contributed by atoms with E-state index in [-0.39, 0.29) is 47.6 Å². The summed E-state index contributed by atoms with van der Waals surface area (Å²) < 4.78 is 12.0. The van der Waals surface area contributed by atoms with Crippen molar-refractivity contribution >= 4 is 24.6 Å². The molecule has 2 unspecified atom stereocenters. The standard InChI is InChI=1S/C33H65N7O6/c1-25(2)38-28(30(34)43)14-12-13-19-36-31(44)40(10,11)24-46-32(4,5)18-20-39(9)22-27(35-8)15-16-29(42)37-23-33(6,7)45-21-17-26(3)41/h22,25-26,28,38,41H,8,12-21,23-24H2,1-7,9-11H3,(H3-,34,36,37,42,43,44)/p+1/b27-22-. The summed E-state index contributed by atoms with van der Waals surface area (Å²) in [6.07, 6.45) is 5.56. The number of aliphatic imine (C=N–C) groups is 1. The van der Waals surface area contributed by atoms with Crippen LogP contribution in [-0.4, -0.2) is 123 Å². The molecule has 13 nitrogen and oxygen atoms in total. The number of ether oxygens (including phenoxy) is 2. The minimum Gasteiger partial charge on any atom is -0.393 e. The number of carbonyl (C=O) groups excluding carboxylic acids is 3. The average molecular weight is 657 g/mol. The summed E-state index contributed by atoms with van der Waals surface area (Å²) in [6.45, 7) is 19.3.